The Balaban J connectivity index is 2.21. The van der Waals surface area contributed by atoms with Gasteiger partial charge < -0.3 is 10.0 Å². The molecule has 0 radical (unpaired) electrons. The van der Waals surface area contributed by atoms with Crippen LogP contribution in [0.15, 0.2) is 12.3 Å². The molecule has 34 valence electrons. The second kappa shape index (κ2) is 1.30. The maximum absolute atomic E-state index is 8.26. The lowest BCUT2D eigenvalue weighted by Crippen LogP contribution is -2.24. The zero-order chi connectivity index (χ0) is 4.41. The summed E-state index contributed by atoms with van der Waals surface area (Å²) < 4.78 is 0. The first-order valence-corrected chi connectivity index (χ1v) is 1.95. The van der Waals surface area contributed by atoms with Crippen molar-refractivity contribution in [1.82, 2.24) is 4.90 Å². The molecule has 0 unspecified atom stereocenters. The van der Waals surface area contributed by atoms with Gasteiger partial charge in [0.15, 0.2) is 0 Å². The number of aliphatic hydroxyl groups is 1. The summed E-state index contributed by atoms with van der Waals surface area (Å²) in [7, 11) is 0. The molecule has 0 aromatic rings. The molecule has 1 rings (SSSR count). The first-order chi connectivity index (χ1) is 2.93. The topological polar surface area (TPSA) is 23.5 Å². The van der Waals surface area contributed by atoms with Crippen LogP contribution in [0.25, 0.3) is 0 Å². The van der Waals surface area contributed by atoms with Gasteiger partial charge in [-0.3, -0.25) is 0 Å². The largest absolute Gasteiger partial charge is 0.376 e. The molecule has 0 atom stereocenters. The molecule has 2 heteroatoms. The normalized spacial score (nSPS) is 17.8. The zero-order valence-electron chi connectivity index (χ0n) is 3.46. The minimum absolute atomic E-state index is 0.163. The molecule has 1 N–H and O–H groups in total. The van der Waals surface area contributed by atoms with Crippen LogP contribution in [-0.4, -0.2) is 23.3 Å². The van der Waals surface area contributed by atoms with E-state index in [1.54, 1.807) is 4.90 Å². The van der Waals surface area contributed by atoms with Gasteiger partial charge in [-0.2, -0.15) is 0 Å². The Morgan fingerprint density at radius 3 is 2.50 bits per heavy atom. The van der Waals surface area contributed by atoms with Gasteiger partial charge in [-0.05, 0) is 12.3 Å². The van der Waals surface area contributed by atoms with Gasteiger partial charge in [-0.1, -0.05) is 0 Å². The van der Waals surface area contributed by atoms with Gasteiger partial charge in [0.25, 0.3) is 0 Å². The lowest BCUT2D eigenvalue weighted by molar-refractivity contribution is 0.148. The molecule has 0 spiro atoms. The molecule has 0 bridgehead atoms. The highest BCUT2D eigenvalue weighted by Gasteiger charge is 1.98. The number of rotatable bonds is 1. The summed E-state index contributed by atoms with van der Waals surface area (Å²) in [4.78, 5) is 1.81. The fourth-order valence-corrected chi connectivity index (χ4v) is 0.359. The van der Waals surface area contributed by atoms with Crippen LogP contribution in [-0.2, 0) is 0 Å². The molecule has 0 aromatic carbocycles. The van der Waals surface area contributed by atoms with Crippen molar-refractivity contribution in [3.05, 3.63) is 12.3 Å². The molecule has 0 fully saturated rings. The summed E-state index contributed by atoms with van der Waals surface area (Å²) >= 11 is 0. The van der Waals surface area contributed by atoms with Gasteiger partial charge >= 0.3 is 0 Å². The lowest BCUT2D eigenvalue weighted by Gasteiger charge is -2.21. The third-order valence-corrected chi connectivity index (χ3v) is 0.838. The molecule has 1 heterocycles. The van der Waals surface area contributed by atoms with Gasteiger partial charge in [-0.15, -0.1) is 0 Å². The zero-order valence-corrected chi connectivity index (χ0v) is 3.46. The van der Waals surface area contributed by atoms with E-state index in [4.69, 9.17) is 5.11 Å². The molecule has 0 saturated heterocycles. The van der Waals surface area contributed by atoms with Crippen LogP contribution in [0.2, 0.25) is 0 Å². The third kappa shape index (κ3) is 0.389. The van der Waals surface area contributed by atoms with Crippen molar-refractivity contribution in [2.45, 2.75) is 0 Å². The van der Waals surface area contributed by atoms with Gasteiger partial charge in [0.05, 0.1) is 0 Å². The number of nitrogens with zero attached hydrogens (tertiary/aromatic N) is 1. The number of aliphatic hydroxyl groups excluding tert-OH is 1. The van der Waals surface area contributed by atoms with E-state index in [0.29, 0.717) is 0 Å². The molecule has 6 heavy (non-hydrogen) atoms. The Morgan fingerprint density at radius 2 is 2.50 bits per heavy atom. The fourth-order valence-electron chi connectivity index (χ4n) is 0.359. The van der Waals surface area contributed by atoms with Gasteiger partial charge in [-0.25, -0.2) is 0 Å². The molecule has 0 saturated carbocycles. The average Bonchev–Trinajstić information content (AvgIpc) is 1.31. The molecule has 1 aliphatic rings. The Bertz CT molecular complexity index is 69.9. The molecule has 0 amide bonds. The first kappa shape index (κ1) is 3.68. The number of hydrogen-bond acceptors (Lipinski definition) is 2. The smallest absolute Gasteiger partial charge is 0.115 e. The van der Waals surface area contributed by atoms with Crippen molar-refractivity contribution in [3.63, 3.8) is 0 Å². The van der Waals surface area contributed by atoms with Gasteiger partial charge in [0, 0.05) is 6.54 Å². The average molecular weight is 85.1 g/mol. The summed E-state index contributed by atoms with van der Waals surface area (Å²) in [6.07, 6.45) is 3.86. The summed E-state index contributed by atoms with van der Waals surface area (Å²) in [5.41, 5.74) is 0. The second-order valence-corrected chi connectivity index (χ2v) is 1.30. The maximum Gasteiger partial charge on any atom is 0.115 e. The van der Waals surface area contributed by atoms with Crippen LogP contribution < -0.4 is 0 Å². The summed E-state index contributed by atoms with van der Waals surface area (Å²) in [5.74, 6) is 0. The van der Waals surface area contributed by atoms with E-state index in [1.165, 1.54) is 0 Å². The summed E-state index contributed by atoms with van der Waals surface area (Å²) in [6.45, 7) is 1.08. The second-order valence-electron chi connectivity index (χ2n) is 1.30. The SMILES string of the molecule is OCN1C=CC1. The van der Waals surface area contributed by atoms with E-state index < -0.39 is 0 Å². The summed E-state index contributed by atoms with van der Waals surface area (Å²) in [6, 6.07) is 0. The van der Waals surface area contributed by atoms with E-state index in [9.17, 15) is 0 Å². The van der Waals surface area contributed by atoms with Crippen LogP contribution in [0.1, 0.15) is 0 Å². The van der Waals surface area contributed by atoms with Crippen molar-refractivity contribution in [1.29, 1.82) is 0 Å². The number of hydrogen-bond donors (Lipinski definition) is 1. The van der Waals surface area contributed by atoms with Crippen molar-refractivity contribution >= 4 is 0 Å². The summed E-state index contributed by atoms with van der Waals surface area (Å²) in [5, 5.41) is 8.26. The Morgan fingerprint density at radius 1 is 1.83 bits per heavy atom. The molecule has 1 aliphatic heterocycles. The van der Waals surface area contributed by atoms with Gasteiger partial charge in [0.1, 0.15) is 6.73 Å². The molecule has 0 aliphatic carbocycles. The van der Waals surface area contributed by atoms with Crippen molar-refractivity contribution < 1.29 is 5.11 Å². The third-order valence-electron chi connectivity index (χ3n) is 0.838. The van der Waals surface area contributed by atoms with E-state index >= 15 is 0 Å². The monoisotopic (exact) mass is 85.1 g/mol. The van der Waals surface area contributed by atoms with Crippen LogP contribution in [0.3, 0.4) is 0 Å². The molecular formula is C4H7NO. The minimum atomic E-state index is 0.163. The van der Waals surface area contributed by atoms with Crippen LogP contribution in [0.4, 0.5) is 0 Å². The molecule has 0 aromatic heterocycles. The minimum Gasteiger partial charge on any atom is -0.376 e. The molecular weight excluding hydrogens is 78.0 g/mol. The standard InChI is InChI=1S/C4H7NO/c6-4-5-2-1-3-5/h1-2,6H,3-4H2. The fraction of sp³-hybridized carbons (Fsp3) is 0.500. The van der Waals surface area contributed by atoms with Crippen LogP contribution in [0, 0.1) is 0 Å². The Kier molecular flexibility index (Phi) is 0.801. The quantitative estimate of drug-likeness (QED) is 0.475. The van der Waals surface area contributed by atoms with E-state index in [-0.39, 0.29) is 6.73 Å². The predicted molar refractivity (Wildman–Crippen MR) is 22.9 cm³/mol. The highest BCUT2D eigenvalue weighted by atomic mass is 16.3. The molecule has 2 nitrogen and oxygen atoms in total. The van der Waals surface area contributed by atoms with Gasteiger partial charge in [0.2, 0.25) is 0 Å². The highest BCUT2D eigenvalue weighted by Crippen LogP contribution is 1.96. The Hall–Kier alpha value is -0.500. The van der Waals surface area contributed by atoms with E-state index in [1.807, 2.05) is 12.3 Å². The highest BCUT2D eigenvalue weighted by molar-refractivity contribution is 4.95. The maximum atomic E-state index is 8.26. The van der Waals surface area contributed by atoms with E-state index in [2.05, 4.69) is 0 Å². The van der Waals surface area contributed by atoms with Crippen LogP contribution in [0.5, 0.6) is 0 Å². The van der Waals surface area contributed by atoms with Crippen molar-refractivity contribution in [2.24, 2.45) is 0 Å². The van der Waals surface area contributed by atoms with Crippen molar-refractivity contribution in [3.8, 4) is 0 Å². The van der Waals surface area contributed by atoms with Crippen LogP contribution >= 0.6 is 0 Å². The lowest BCUT2D eigenvalue weighted by atomic mass is 10.4. The van der Waals surface area contributed by atoms with E-state index in [0.717, 1.165) is 6.54 Å². The first-order valence-electron chi connectivity index (χ1n) is 1.95. The van der Waals surface area contributed by atoms with Crippen molar-refractivity contribution in [2.75, 3.05) is 13.3 Å². The predicted octanol–water partition coefficient (Wildman–Crippen LogP) is -0.234. The Labute approximate surface area is 36.7 Å².